The van der Waals surface area contributed by atoms with Crippen molar-refractivity contribution in [1.82, 2.24) is 10.6 Å². The van der Waals surface area contributed by atoms with E-state index in [0.29, 0.717) is 11.1 Å². The van der Waals surface area contributed by atoms with Gasteiger partial charge in [-0.25, -0.2) is 4.79 Å². The summed E-state index contributed by atoms with van der Waals surface area (Å²) < 4.78 is 39.7. The molecule has 2 aromatic rings. The van der Waals surface area contributed by atoms with E-state index in [9.17, 15) is 28.3 Å². The first kappa shape index (κ1) is 27.7. The van der Waals surface area contributed by atoms with Crippen LogP contribution in [0.5, 0.6) is 0 Å². The molecule has 0 fully saturated rings. The number of carbonyl (C=O) groups is 3. The highest BCUT2D eigenvalue weighted by molar-refractivity contribution is 5.87. The Morgan fingerprint density at radius 3 is 2.03 bits per heavy atom. The number of esters is 1. The van der Waals surface area contributed by atoms with Crippen LogP contribution >= 0.6 is 0 Å². The normalized spacial score (nSPS) is 13.3. The SMILES string of the molecule is CC(C)(C)OC(=O)N[C@@H](Cc1ccccc1)[C@@H](O)C(F)(F)C(=O)NCC(=O)OCc1ccccc1. The molecule has 2 amide bonds. The molecule has 0 unspecified atom stereocenters. The molecular formula is C25H30F2N2O6. The summed E-state index contributed by atoms with van der Waals surface area (Å²) in [5.41, 5.74) is 0.310. The van der Waals surface area contributed by atoms with Crippen LogP contribution in [0, 0.1) is 0 Å². The number of amides is 2. The van der Waals surface area contributed by atoms with Crippen LogP contribution in [0.15, 0.2) is 60.7 Å². The lowest BCUT2D eigenvalue weighted by molar-refractivity contribution is -0.168. The van der Waals surface area contributed by atoms with E-state index in [4.69, 9.17) is 9.47 Å². The molecule has 0 saturated carbocycles. The third-order valence-corrected chi connectivity index (χ3v) is 4.69. The fourth-order valence-corrected chi connectivity index (χ4v) is 3.01. The average Bonchev–Trinajstić information content (AvgIpc) is 2.80. The molecule has 2 aromatic carbocycles. The molecule has 0 bridgehead atoms. The van der Waals surface area contributed by atoms with Gasteiger partial charge in [0, 0.05) is 0 Å². The molecule has 0 saturated heterocycles. The second-order valence-corrected chi connectivity index (χ2v) is 8.84. The summed E-state index contributed by atoms with van der Waals surface area (Å²) in [6, 6.07) is 15.4. The number of aliphatic hydroxyl groups excluding tert-OH is 1. The largest absolute Gasteiger partial charge is 0.460 e. The highest BCUT2D eigenvalue weighted by atomic mass is 19.3. The molecule has 0 aliphatic rings. The molecule has 2 atom stereocenters. The summed E-state index contributed by atoms with van der Waals surface area (Å²) in [6.07, 6.45) is -3.85. The van der Waals surface area contributed by atoms with Crippen LogP contribution in [0.25, 0.3) is 0 Å². The number of alkyl carbamates (subject to hydrolysis) is 1. The zero-order valence-corrected chi connectivity index (χ0v) is 19.8. The van der Waals surface area contributed by atoms with Gasteiger partial charge >= 0.3 is 18.0 Å². The second kappa shape index (κ2) is 12.3. The Hall–Kier alpha value is -3.53. The van der Waals surface area contributed by atoms with Gasteiger partial charge in [-0.2, -0.15) is 8.78 Å². The van der Waals surface area contributed by atoms with E-state index in [1.54, 1.807) is 86.8 Å². The minimum absolute atomic E-state index is 0.0898. The molecule has 2 rings (SSSR count). The summed E-state index contributed by atoms with van der Waals surface area (Å²) in [6.45, 7) is 3.86. The van der Waals surface area contributed by atoms with Gasteiger partial charge in [0.25, 0.3) is 5.91 Å². The summed E-state index contributed by atoms with van der Waals surface area (Å²) in [7, 11) is 0. The van der Waals surface area contributed by atoms with Crippen LogP contribution < -0.4 is 10.6 Å². The van der Waals surface area contributed by atoms with Gasteiger partial charge in [-0.1, -0.05) is 60.7 Å². The number of hydrogen-bond donors (Lipinski definition) is 3. The molecule has 0 heterocycles. The maximum Gasteiger partial charge on any atom is 0.407 e. The van der Waals surface area contributed by atoms with Crippen molar-refractivity contribution >= 4 is 18.0 Å². The molecule has 190 valence electrons. The molecule has 35 heavy (non-hydrogen) atoms. The molecule has 0 aliphatic carbocycles. The first-order valence-electron chi connectivity index (χ1n) is 11.0. The van der Waals surface area contributed by atoms with Gasteiger partial charge in [0.15, 0.2) is 0 Å². The lowest BCUT2D eigenvalue weighted by Gasteiger charge is -2.30. The van der Waals surface area contributed by atoms with Gasteiger partial charge in [0.2, 0.25) is 0 Å². The van der Waals surface area contributed by atoms with Crippen molar-refractivity contribution in [2.24, 2.45) is 0 Å². The highest BCUT2D eigenvalue weighted by Gasteiger charge is 2.50. The number of hydrogen-bond acceptors (Lipinski definition) is 6. The van der Waals surface area contributed by atoms with Gasteiger partial charge in [-0.05, 0) is 38.3 Å². The number of benzene rings is 2. The van der Waals surface area contributed by atoms with E-state index in [1.165, 1.54) is 0 Å². The van der Waals surface area contributed by atoms with Crippen LogP contribution in [-0.4, -0.2) is 53.3 Å². The van der Waals surface area contributed by atoms with E-state index >= 15 is 0 Å². The number of carbonyl (C=O) groups excluding carboxylic acids is 3. The first-order chi connectivity index (χ1) is 16.4. The van der Waals surface area contributed by atoms with Gasteiger partial charge in [0.05, 0.1) is 6.04 Å². The maximum atomic E-state index is 14.8. The smallest absolute Gasteiger partial charge is 0.407 e. The molecule has 8 nitrogen and oxygen atoms in total. The van der Waals surface area contributed by atoms with Crippen LogP contribution in [0.1, 0.15) is 31.9 Å². The van der Waals surface area contributed by atoms with Crippen molar-refractivity contribution < 1.29 is 37.7 Å². The Balaban J connectivity index is 2.03. The molecule has 0 aromatic heterocycles. The third-order valence-electron chi connectivity index (χ3n) is 4.69. The Morgan fingerprint density at radius 1 is 0.943 bits per heavy atom. The zero-order valence-electron chi connectivity index (χ0n) is 19.8. The quantitative estimate of drug-likeness (QED) is 0.440. The molecule has 0 spiro atoms. The van der Waals surface area contributed by atoms with Crippen molar-refractivity contribution in [1.29, 1.82) is 0 Å². The molecule has 0 radical (unpaired) electrons. The zero-order chi connectivity index (χ0) is 26.1. The van der Waals surface area contributed by atoms with E-state index in [1.807, 2.05) is 0 Å². The van der Waals surface area contributed by atoms with Crippen LogP contribution in [0.2, 0.25) is 0 Å². The lowest BCUT2D eigenvalue weighted by atomic mass is 9.96. The number of rotatable bonds is 10. The Kier molecular flexibility index (Phi) is 9.70. The first-order valence-corrected chi connectivity index (χ1v) is 11.0. The fourth-order valence-electron chi connectivity index (χ4n) is 3.01. The Labute approximate surface area is 202 Å². The number of nitrogens with one attached hydrogen (secondary N) is 2. The van der Waals surface area contributed by atoms with Crippen LogP contribution in [-0.2, 0) is 32.1 Å². The Morgan fingerprint density at radius 2 is 1.49 bits per heavy atom. The fraction of sp³-hybridized carbons (Fsp3) is 0.400. The topological polar surface area (TPSA) is 114 Å². The predicted molar refractivity (Wildman–Crippen MR) is 124 cm³/mol. The monoisotopic (exact) mass is 492 g/mol. The van der Waals surface area contributed by atoms with E-state index in [0.717, 1.165) is 0 Å². The van der Waals surface area contributed by atoms with Crippen LogP contribution in [0.4, 0.5) is 13.6 Å². The van der Waals surface area contributed by atoms with Gasteiger partial charge in [-0.15, -0.1) is 0 Å². The summed E-state index contributed by atoms with van der Waals surface area (Å²) in [5, 5.41) is 14.4. The van der Waals surface area contributed by atoms with E-state index in [-0.39, 0.29) is 13.0 Å². The lowest BCUT2D eigenvalue weighted by Crippen LogP contribution is -2.59. The summed E-state index contributed by atoms with van der Waals surface area (Å²) >= 11 is 0. The molecule has 3 N–H and O–H groups in total. The number of alkyl halides is 2. The van der Waals surface area contributed by atoms with Crippen molar-refractivity contribution in [3.63, 3.8) is 0 Å². The van der Waals surface area contributed by atoms with E-state index < -0.39 is 48.2 Å². The van der Waals surface area contributed by atoms with Crippen molar-refractivity contribution in [2.75, 3.05) is 6.54 Å². The minimum Gasteiger partial charge on any atom is -0.460 e. The molecular weight excluding hydrogens is 462 g/mol. The maximum absolute atomic E-state index is 14.8. The molecule has 10 heteroatoms. The predicted octanol–water partition coefficient (Wildman–Crippen LogP) is 2.98. The van der Waals surface area contributed by atoms with Gasteiger partial charge < -0.3 is 25.2 Å². The minimum atomic E-state index is -4.34. The summed E-state index contributed by atoms with van der Waals surface area (Å²) in [5.74, 6) is -7.15. The van der Waals surface area contributed by atoms with Crippen LogP contribution in [0.3, 0.4) is 0 Å². The van der Waals surface area contributed by atoms with Gasteiger partial charge in [-0.3, -0.25) is 9.59 Å². The Bertz CT molecular complexity index is 980. The average molecular weight is 493 g/mol. The van der Waals surface area contributed by atoms with Crippen molar-refractivity contribution in [3.8, 4) is 0 Å². The third kappa shape index (κ3) is 9.32. The standard InChI is InChI=1S/C25H30F2N2O6/c1-24(2,3)35-23(33)29-19(14-17-10-6-4-7-11-17)21(31)25(26,27)22(32)28-15-20(30)34-16-18-12-8-5-9-13-18/h4-13,19,21,31H,14-16H2,1-3H3,(H,28,32)(H,29,33)/t19-,21+/m0/s1. The highest BCUT2D eigenvalue weighted by Crippen LogP contribution is 2.24. The number of halogens is 2. The van der Waals surface area contributed by atoms with E-state index in [2.05, 4.69) is 5.32 Å². The molecule has 0 aliphatic heterocycles. The summed E-state index contributed by atoms with van der Waals surface area (Å²) in [4.78, 5) is 36.3. The number of aliphatic hydroxyl groups is 1. The van der Waals surface area contributed by atoms with Gasteiger partial charge in [0.1, 0.15) is 24.9 Å². The second-order valence-electron chi connectivity index (χ2n) is 8.84. The van der Waals surface area contributed by atoms with Crippen molar-refractivity contribution in [2.45, 2.75) is 57.5 Å². The van der Waals surface area contributed by atoms with Crippen molar-refractivity contribution in [3.05, 3.63) is 71.8 Å². The number of ether oxygens (including phenoxy) is 2.